The summed E-state index contributed by atoms with van der Waals surface area (Å²) >= 11 is 0. The number of pyridine rings is 1. The lowest BCUT2D eigenvalue weighted by Gasteiger charge is -2.19. The molecule has 0 aromatic carbocycles. The summed E-state index contributed by atoms with van der Waals surface area (Å²) in [6, 6.07) is 5.06. The fourth-order valence-corrected chi connectivity index (χ4v) is 2.06. The summed E-state index contributed by atoms with van der Waals surface area (Å²) < 4.78 is 0. The van der Waals surface area contributed by atoms with E-state index in [0.29, 0.717) is 0 Å². The Kier molecular flexibility index (Phi) is 5.00. The van der Waals surface area contributed by atoms with Gasteiger partial charge in [0.2, 0.25) is 0 Å². The maximum Gasteiger partial charge on any atom is 0.0562 e. The van der Waals surface area contributed by atoms with Crippen LogP contribution in [0.2, 0.25) is 0 Å². The van der Waals surface area contributed by atoms with Crippen molar-refractivity contribution in [3.8, 4) is 0 Å². The van der Waals surface area contributed by atoms with E-state index in [9.17, 15) is 0 Å². The highest BCUT2D eigenvalue weighted by Crippen LogP contribution is 2.20. The number of rotatable bonds is 8. The zero-order valence-electron chi connectivity index (χ0n) is 11.7. The highest BCUT2D eigenvalue weighted by molar-refractivity contribution is 5.45. The lowest BCUT2D eigenvalue weighted by atomic mass is 10.2. The number of nitrogens with zero attached hydrogens (tertiary/aromatic N) is 2. The van der Waals surface area contributed by atoms with E-state index in [1.54, 1.807) is 0 Å². The molecule has 0 atom stereocenters. The SMILES string of the molecule is CCCCCN(C)c1ccnc(CNC2CC2)c1. The molecule has 0 radical (unpaired) electrons. The normalized spacial score (nSPS) is 14.8. The van der Waals surface area contributed by atoms with Gasteiger partial charge in [-0.25, -0.2) is 0 Å². The maximum absolute atomic E-state index is 4.43. The van der Waals surface area contributed by atoms with Crippen LogP contribution >= 0.6 is 0 Å². The van der Waals surface area contributed by atoms with Gasteiger partial charge in [-0.1, -0.05) is 19.8 Å². The van der Waals surface area contributed by atoms with Crippen molar-refractivity contribution in [3.63, 3.8) is 0 Å². The summed E-state index contributed by atoms with van der Waals surface area (Å²) in [5, 5.41) is 3.51. The topological polar surface area (TPSA) is 28.2 Å². The van der Waals surface area contributed by atoms with Gasteiger partial charge in [0.1, 0.15) is 0 Å². The van der Waals surface area contributed by atoms with Gasteiger partial charge in [-0.15, -0.1) is 0 Å². The summed E-state index contributed by atoms with van der Waals surface area (Å²) in [6.45, 7) is 4.28. The molecule has 1 aliphatic rings. The Morgan fingerprint density at radius 3 is 2.94 bits per heavy atom. The van der Waals surface area contributed by atoms with Crippen molar-refractivity contribution < 1.29 is 0 Å². The van der Waals surface area contributed by atoms with Gasteiger partial charge in [-0.2, -0.15) is 0 Å². The van der Waals surface area contributed by atoms with Gasteiger partial charge in [0.25, 0.3) is 0 Å². The summed E-state index contributed by atoms with van der Waals surface area (Å²) in [5.41, 5.74) is 2.44. The molecule has 0 aliphatic heterocycles. The summed E-state index contributed by atoms with van der Waals surface area (Å²) in [6.07, 6.45) is 8.44. The van der Waals surface area contributed by atoms with Crippen LogP contribution < -0.4 is 10.2 Å². The van der Waals surface area contributed by atoms with Crippen molar-refractivity contribution in [2.75, 3.05) is 18.5 Å². The van der Waals surface area contributed by atoms with E-state index < -0.39 is 0 Å². The van der Waals surface area contributed by atoms with Gasteiger partial charge in [0, 0.05) is 38.1 Å². The zero-order chi connectivity index (χ0) is 12.8. The Labute approximate surface area is 111 Å². The molecule has 0 unspecified atom stereocenters. The Morgan fingerprint density at radius 2 is 2.22 bits per heavy atom. The summed E-state index contributed by atoms with van der Waals surface area (Å²) in [4.78, 5) is 6.76. The zero-order valence-corrected chi connectivity index (χ0v) is 11.7. The molecule has 3 heteroatoms. The first-order valence-electron chi connectivity index (χ1n) is 7.19. The maximum atomic E-state index is 4.43. The number of anilines is 1. The molecule has 100 valence electrons. The van der Waals surface area contributed by atoms with Gasteiger partial charge < -0.3 is 10.2 Å². The van der Waals surface area contributed by atoms with Crippen LogP contribution in [0.15, 0.2) is 18.3 Å². The minimum Gasteiger partial charge on any atom is -0.375 e. The molecule has 0 bridgehead atoms. The van der Waals surface area contributed by atoms with Crippen molar-refractivity contribution in [1.82, 2.24) is 10.3 Å². The van der Waals surface area contributed by atoms with E-state index in [-0.39, 0.29) is 0 Å². The lowest BCUT2D eigenvalue weighted by molar-refractivity contribution is 0.673. The van der Waals surface area contributed by atoms with Gasteiger partial charge in [0.05, 0.1) is 5.69 Å². The van der Waals surface area contributed by atoms with E-state index in [4.69, 9.17) is 0 Å². The van der Waals surface area contributed by atoms with E-state index in [1.165, 1.54) is 37.8 Å². The third kappa shape index (κ3) is 4.30. The third-order valence-electron chi connectivity index (χ3n) is 3.49. The molecule has 1 fully saturated rings. The van der Waals surface area contributed by atoms with Crippen LogP contribution in [0.1, 0.15) is 44.7 Å². The van der Waals surface area contributed by atoms with Gasteiger partial charge in [-0.05, 0) is 31.4 Å². The minimum absolute atomic E-state index is 0.748. The van der Waals surface area contributed by atoms with E-state index in [2.05, 4.69) is 41.3 Å². The molecule has 1 heterocycles. The predicted molar refractivity (Wildman–Crippen MR) is 76.9 cm³/mol. The van der Waals surface area contributed by atoms with Crippen molar-refractivity contribution >= 4 is 5.69 Å². The highest BCUT2D eigenvalue weighted by atomic mass is 15.1. The van der Waals surface area contributed by atoms with E-state index in [0.717, 1.165) is 24.8 Å². The molecular weight excluding hydrogens is 222 g/mol. The van der Waals surface area contributed by atoms with Crippen LogP contribution in [0.3, 0.4) is 0 Å². The summed E-state index contributed by atoms with van der Waals surface area (Å²) in [7, 11) is 2.17. The van der Waals surface area contributed by atoms with Gasteiger partial charge in [-0.3, -0.25) is 4.98 Å². The second-order valence-electron chi connectivity index (χ2n) is 5.29. The Morgan fingerprint density at radius 1 is 1.39 bits per heavy atom. The molecule has 0 spiro atoms. The standard InChI is InChI=1S/C15H25N3/c1-3-4-5-10-18(2)15-8-9-16-14(11-15)12-17-13-6-7-13/h8-9,11,13,17H,3-7,10,12H2,1-2H3. The number of nitrogens with one attached hydrogen (secondary N) is 1. The molecule has 1 aliphatic carbocycles. The fraction of sp³-hybridized carbons (Fsp3) is 0.667. The van der Waals surface area contributed by atoms with Crippen LogP contribution in [0, 0.1) is 0 Å². The summed E-state index contributed by atoms with van der Waals surface area (Å²) in [5.74, 6) is 0. The van der Waals surface area contributed by atoms with Crippen LogP contribution in [0.4, 0.5) is 5.69 Å². The fourth-order valence-electron chi connectivity index (χ4n) is 2.06. The molecule has 3 nitrogen and oxygen atoms in total. The van der Waals surface area contributed by atoms with Crippen LogP contribution in [0.5, 0.6) is 0 Å². The van der Waals surface area contributed by atoms with E-state index in [1.807, 2.05) is 6.20 Å². The Hall–Kier alpha value is -1.09. The van der Waals surface area contributed by atoms with Crippen molar-refractivity contribution in [2.45, 2.75) is 51.6 Å². The minimum atomic E-state index is 0.748. The number of unbranched alkanes of at least 4 members (excludes halogenated alkanes) is 2. The Balaban J connectivity index is 1.84. The second kappa shape index (κ2) is 6.74. The average Bonchev–Trinajstić information content (AvgIpc) is 3.21. The lowest BCUT2D eigenvalue weighted by Crippen LogP contribution is -2.20. The Bertz CT molecular complexity index is 361. The highest BCUT2D eigenvalue weighted by Gasteiger charge is 2.20. The molecule has 1 aromatic rings. The predicted octanol–water partition coefficient (Wildman–Crippen LogP) is 2.96. The van der Waals surface area contributed by atoms with Crippen LogP contribution in [-0.2, 0) is 6.54 Å². The molecule has 18 heavy (non-hydrogen) atoms. The molecule has 1 N–H and O–H groups in total. The first-order chi connectivity index (χ1) is 8.79. The van der Waals surface area contributed by atoms with Crippen LogP contribution in [0.25, 0.3) is 0 Å². The average molecular weight is 247 g/mol. The van der Waals surface area contributed by atoms with Crippen molar-refractivity contribution in [2.24, 2.45) is 0 Å². The molecule has 0 amide bonds. The molecule has 0 saturated heterocycles. The molecule has 1 saturated carbocycles. The largest absolute Gasteiger partial charge is 0.375 e. The third-order valence-corrected chi connectivity index (χ3v) is 3.49. The van der Waals surface area contributed by atoms with E-state index >= 15 is 0 Å². The number of hydrogen-bond donors (Lipinski definition) is 1. The van der Waals surface area contributed by atoms with Gasteiger partial charge in [0.15, 0.2) is 0 Å². The monoisotopic (exact) mass is 247 g/mol. The van der Waals surface area contributed by atoms with Gasteiger partial charge >= 0.3 is 0 Å². The first kappa shape index (κ1) is 13.3. The second-order valence-corrected chi connectivity index (χ2v) is 5.29. The van der Waals surface area contributed by atoms with Crippen molar-refractivity contribution in [3.05, 3.63) is 24.0 Å². The molecule has 1 aromatic heterocycles. The number of hydrogen-bond acceptors (Lipinski definition) is 3. The van der Waals surface area contributed by atoms with Crippen molar-refractivity contribution in [1.29, 1.82) is 0 Å². The number of aromatic nitrogens is 1. The van der Waals surface area contributed by atoms with Crippen LogP contribution in [-0.4, -0.2) is 24.6 Å². The smallest absolute Gasteiger partial charge is 0.0562 e. The quantitative estimate of drug-likeness (QED) is 0.716. The first-order valence-corrected chi connectivity index (χ1v) is 7.19. The molecular formula is C15H25N3. The molecule has 2 rings (SSSR count).